The fourth-order valence-corrected chi connectivity index (χ4v) is 4.18. The van der Waals surface area contributed by atoms with Crippen molar-refractivity contribution in [1.82, 2.24) is 4.90 Å². The number of amidine groups is 1. The highest BCUT2D eigenvalue weighted by Crippen LogP contribution is 2.19. The Morgan fingerprint density at radius 2 is 1.72 bits per heavy atom. The van der Waals surface area contributed by atoms with Crippen molar-refractivity contribution in [3.05, 3.63) is 84.0 Å². The van der Waals surface area contributed by atoms with E-state index in [1.807, 2.05) is 0 Å². The molecule has 0 radical (unpaired) electrons. The quantitative estimate of drug-likeness (QED) is 0.291. The van der Waals surface area contributed by atoms with Crippen LogP contribution in [0.15, 0.2) is 84.0 Å². The molecule has 0 bridgehead atoms. The molecular weight excluding hydrogens is 352 g/mol. The Morgan fingerprint density at radius 3 is 2.59 bits per heavy atom. The molecule has 0 amide bonds. The van der Waals surface area contributed by atoms with Gasteiger partial charge < -0.3 is 0 Å². The molecule has 0 unspecified atom stereocenters. The van der Waals surface area contributed by atoms with Gasteiger partial charge in [-0.1, -0.05) is 71.9 Å². The third-order valence-corrected chi connectivity index (χ3v) is 5.70. The molecule has 0 atom stereocenters. The van der Waals surface area contributed by atoms with Crippen molar-refractivity contribution in [2.24, 2.45) is 11.8 Å². The average molecular weight is 382 g/mol. The molecule has 2 aliphatic heterocycles. The van der Waals surface area contributed by atoms with Crippen LogP contribution in [0.3, 0.4) is 0 Å². The number of allylic oxidation sites excluding steroid dienone is 11. The molecule has 0 N–H and O–H groups in total. The van der Waals surface area contributed by atoms with Crippen LogP contribution >= 0.6 is 0 Å². The van der Waals surface area contributed by atoms with Crippen LogP contribution in [0.4, 0.5) is 0 Å². The molecule has 0 saturated carbocycles. The first kappa shape index (κ1) is 19.4. The lowest BCUT2D eigenvalue weighted by Crippen LogP contribution is -2.43. The summed E-state index contributed by atoms with van der Waals surface area (Å²) in [5, 5.41) is 0. The predicted molar refractivity (Wildman–Crippen MR) is 120 cm³/mol. The van der Waals surface area contributed by atoms with E-state index in [-0.39, 0.29) is 5.92 Å². The molecule has 2 nitrogen and oxygen atoms in total. The minimum Gasteiger partial charge on any atom is -0.265 e. The molecule has 0 fully saturated rings. The van der Waals surface area contributed by atoms with E-state index in [0.29, 0.717) is 5.92 Å². The summed E-state index contributed by atoms with van der Waals surface area (Å²) in [6, 6.07) is 0. The van der Waals surface area contributed by atoms with E-state index in [0.717, 1.165) is 18.7 Å². The van der Waals surface area contributed by atoms with Gasteiger partial charge in [0, 0.05) is 30.9 Å². The first-order valence-corrected chi connectivity index (χ1v) is 10.9. The minimum atomic E-state index is 0.233. The monoisotopic (exact) mass is 381 g/mol. The maximum Gasteiger partial charge on any atom is 0.252 e. The first-order chi connectivity index (χ1) is 14.4. The highest BCUT2D eigenvalue weighted by molar-refractivity contribution is 5.80. The van der Waals surface area contributed by atoms with Crippen molar-refractivity contribution in [2.75, 3.05) is 19.6 Å². The summed E-state index contributed by atoms with van der Waals surface area (Å²) >= 11 is 0. The van der Waals surface area contributed by atoms with Gasteiger partial charge in [-0.25, -0.2) is 4.90 Å². The van der Waals surface area contributed by atoms with Gasteiger partial charge in [0.15, 0.2) is 0 Å². The smallest absolute Gasteiger partial charge is 0.252 e. The molecule has 0 aromatic rings. The zero-order valence-corrected chi connectivity index (χ0v) is 17.1. The molecule has 4 rings (SSSR count). The maximum atomic E-state index is 3.33. The predicted octanol–water partition coefficient (Wildman–Crippen LogP) is 4.92. The molecule has 2 heteroatoms. The van der Waals surface area contributed by atoms with E-state index in [2.05, 4.69) is 99.6 Å². The third kappa shape index (κ3) is 5.30. The zero-order valence-electron chi connectivity index (χ0n) is 17.1. The molecule has 0 saturated heterocycles. The summed E-state index contributed by atoms with van der Waals surface area (Å²) in [4.78, 5) is 2.47. The van der Waals surface area contributed by atoms with Crippen LogP contribution in [0.5, 0.6) is 0 Å². The largest absolute Gasteiger partial charge is 0.265 e. The number of hydrogen-bond acceptors (Lipinski definition) is 1. The van der Waals surface area contributed by atoms with Gasteiger partial charge in [-0.15, -0.1) is 0 Å². The van der Waals surface area contributed by atoms with Crippen LogP contribution in [0, 0.1) is 23.7 Å². The van der Waals surface area contributed by atoms with Crippen LogP contribution in [0.1, 0.15) is 32.1 Å². The molecule has 0 aromatic heterocycles. The van der Waals surface area contributed by atoms with Crippen molar-refractivity contribution in [3.63, 3.8) is 0 Å². The van der Waals surface area contributed by atoms with Gasteiger partial charge in [-0.3, -0.25) is 4.58 Å². The van der Waals surface area contributed by atoms with Gasteiger partial charge in [0.2, 0.25) is 0 Å². The van der Waals surface area contributed by atoms with Crippen LogP contribution in [-0.4, -0.2) is 34.9 Å². The highest BCUT2D eigenvalue weighted by atomic mass is 15.3. The number of nitrogens with zero attached hydrogens (tertiary/aromatic N) is 2. The van der Waals surface area contributed by atoms with Gasteiger partial charge in [-0.2, -0.15) is 0 Å². The second-order valence-electron chi connectivity index (χ2n) is 7.82. The second kappa shape index (κ2) is 9.99. The summed E-state index contributed by atoms with van der Waals surface area (Å²) < 4.78 is 2.59. The van der Waals surface area contributed by atoms with E-state index >= 15 is 0 Å². The second-order valence-corrected chi connectivity index (χ2v) is 7.82. The van der Waals surface area contributed by atoms with Gasteiger partial charge in [0.25, 0.3) is 5.84 Å². The highest BCUT2D eigenvalue weighted by Gasteiger charge is 2.30. The first-order valence-electron chi connectivity index (χ1n) is 10.9. The summed E-state index contributed by atoms with van der Waals surface area (Å²) in [7, 11) is 0. The molecular formula is C27H29N2+. The Bertz CT molecular complexity index is 934. The normalized spacial score (nSPS) is 21.4. The van der Waals surface area contributed by atoms with E-state index < -0.39 is 0 Å². The van der Waals surface area contributed by atoms with E-state index in [1.165, 1.54) is 44.6 Å². The SMILES string of the molecule is C(=C=CC1C=CC=C1)=C/C(=C/C#CC1C=CC=C1)N1CCC[N+]2=C1CCCCC2. The minimum absolute atomic E-state index is 0.233. The average Bonchev–Trinajstić information content (AvgIpc) is 3.40. The van der Waals surface area contributed by atoms with Crippen molar-refractivity contribution in [1.29, 1.82) is 0 Å². The standard InChI is InChI=1S/C27H29N2/c1-2-20-27-28(21-9-1)22-11-23-29(27)26(19-10-17-25-14-5-6-15-25)18-8-7-16-24-12-3-4-13-24/h3-6,12-16,18-19,24-25H,1-2,9,11,20-23H2/q+1/b18-16?,26-19-. The topological polar surface area (TPSA) is 6.25 Å². The van der Waals surface area contributed by atoms with Crippen molar-refractivity contribution in [3.8, 4) is 11.8 Å². The molecule has 2 heterocycles. The Kier molecular flexibility index (Phi) is 6.67. The van der Waals surface area contributed by atoms with Crippen molar-refractivity contribution >= 4 is 5.84 Å². The van der Waals surface area contributed by atoms with Gasteiger partial charge in [0.05, 0.1) is 25.6 Å². The molecule has 0 spiro atoms. The molecule has 146 valence electrons. The summed E-state index contributed by atoms with van der Waals surface area (Å²) in [5.41, 5.74) is 7.61. The lowest BCUT2D eigenvalue weighted by molar-refractivity contribution is -0.538. The van der Waals surface area contributed by atoms with Crippen LogP contribution < -0.4 is 0 Å². The molecule has 4 aliphatic rings. The van der Waals surface area contributed by atoms with E-state index in [1.54, 1.807) is 0 Å². The Morgan fingerprint density at radius 1 is 0.931 bits per heavy atom. The molecule has 2 aliphatic carbocycles. The van der Waals surface area contributed by atoms with Gasteiger partial charge >= 0.3 is 0 Å². The Balaban J connectivity index is 1.62. The number of hydrogen-bond donors (Lipinski definition) is 0. The van der Waals surface area contributed by atoms with Crippen LogP contribution in [0.25, 0.3) is 0 Å². The van der Waals surface area contributed by atoms with E-state index in [9.17, 15) is 0 Å². The van der Waals surface area contributed by atoms with Gasteiger partial charge in [-0.05, 0) is 25.3 Å². The van der Waals surface area contributed by atoms with Crippen molar-refractivity contribution < 1.29 is 4.58 Å². The summed E-state index contributed by atoms with van der Waals surface area (Å²) in [6.07, 6.45) is 29.3. The number of rotatable bonds is 3. The molecule has 0 aromatic carbocycles. The maximum absolute atomic E-state index is 3.33. The van der Waals surface area contributed by atoms with Crippen molar-refractivity contribution in [2.45, 2.75) is 32.1 Å². The summed E-state index contributed by atoms with van der Waals surface area (Å²) in [6.45, 7) is 3.42. The fraction of sp³-hybridized carbons (Fsp3) is 0.370. The summed E-state index contributed by atoms with van der Waals surface area (Å²) in [5.74, 6) is 8.66. The Labute approximate surface area is 175 Å². The molecule has 29 heavy (non-hydrogen) atoms. The van der Waals surface area contributed by atoms with Crippen LogP contribution in [-0.2, 0) is 0 Å². The fourth-order valence-electron chi connectivity index (χ4n) is 4.18. The van der Waals surface area contributed by atoms with E-state index in [4.69, 9.17) is 0 Å². The lowest BCUT2D eigenvalue weighted by Gasteiger charge is -2.26. The lowest BCUT2D eigenvalue weighted by atomic mass is 10.1. The van der Waals surface area contributed by atoms with Gasteiger partial charge in [0.1, 0.15) is 5.70 Å². The third-order valence-electron chi connectivity index (χ3n) is 5.70. The van der Waals surface area contributed by atoms with Crippen LogP contribution in [0.2, 0.25) is 0 Å². The Hall–Kier alpha value is -2.97. The zero-order chi connectivity index (χ0) is 19.7.